The van der Waals surface area contributed by atoms with Crippen LogP contribution in [0.15, 0.2) is 12.3 Å². The largest absolute Gasteiger partial charge is 0.356 e. The minimum atomic E-state index is 0.795. The van der Waals surface area contributed by atoms with Crippen molar-refractivity contribution in [2.75, 3.05) is 11.9 Å². The Morgan fingerprint density at radius 1 is 1.43 bits per heavy atom. The fraction of sp³-hybridized carbons (Fsp3) is 0.400. The van der Waals surface area contributed by atoms with E-state index < -0.39 is 0 Å². The Hall–Kier alpha value is -1.58. The minimum Gasteiger partial charge on any atom is -0.356 e. The molecule has 2 N–H and O–H groups in total. The Labute approximate surface area is 82.8 Å². The van der Waals surface area contributed by atoms with E-state index >= 15 is 0 Å². The van der Waals surface area contributed by atoms with Crippen LogP contribution in [-0.4, -0.2) is 21.5 Å². The van der Waals surface area contributed by atoms with Crippen LogP contribution in [0.5, 0.6) is 0 Å². The lowest BCUT2D eigenvalue weighted by Gasteiger charge is -1.92. The van der Waals surface area contributed by atoms with Gasteiger partial charge in [0.25, 0.3) is 0 Å². The van der Waals surface area contributed by atoms with Crippen molar-refractivity contribution in [1.82, 2.24) is 15.0 Å². The molecule has 0 aliphatic heterocycles. The number of hydrogen-bond acceptors (Lipinski definition) is 3. The third-order valence-electron chi connectivity index (χ3n) is 2.15. The molecule has 2 rings (SSSR count). The van der Waals surface area contributed by atoms with Gasteiger partial charge in [-0.25, -0.2) is 9.97 Å². The third kappa shape index (κ3) is 1.55. The van der Waals surface area contributed by atoms with Crippen molar-refractivity contribution in [3.63, 3.8) is 0 Å². The van der Waals surface area contributed by atoms with Crippen molar-refractivity contribution in [2.24, 2.45) is 0 Å². The van der Waals surface area contributed by atoms with Crippen molar-refractivity contribution in [1.29, 1.82) is 0 Å². The van der Waals surface area contributed by atoms with Crippen molar-refractivity contribution in [2.45, 2.75) is 20.3 Å². The summed E-state index contributed by atoms with van der Waals surface area (Å²) in [6.45, 7) is 5.01. The molecule has 2 heterocycles. The summed E-state index contributed by atoms with van der Waals surface area (Å²) in [6, 6.07) is 2.07. The fourth-order valence-corrected chi connectivity index (χ4v) is 1.38. The van der Waals surface area contributed by atoms with Gasteiger partial charge in [-0.1, -0.05) is 6.92 Å². The Morgan fingerprint density at radius 3 is 3.00 bits per heavy atom. The highest BCUT2D eigenvalue weighted by atomic mass is 15.1. The Kier molecular flexibility index (Phi) is 2.35. The van der Waals surface area contributed by atoms with E-state index in [4.69, 9.17) is 0 Å². The van der Waals surface area contributed by atoms with Crippen LogP contribution >= 0.6 is 0 Å². The Balaban J connectivity index is 2.43. The molecule has 4 heteroatoms. The summed E-state index contributed by atoms with van der Waals surface area (Å²) in [5, 5.41) is 3.13. The second-order valence-corrected chi connectivity index (χ2v) is 3.18. The van der Waals surface area contributed by atoms with Gasteiger partial charge in [-0.15, -0.1) is 0 Å². The summed E-state index contributed by atoms with van der Waals surface area (Å²) in [6.07, 6.45) is 2.88. The maximum atomic E-state index is 4.38. The molecule has 0 unspecified atom stereocenters. The molecule has 0 atom stereocenters. The van der Waals surface area contributed by atoms with E-state index in [2.05, 4.69) is 33.3 Å². The summed E-state index contributed by atoms with van der Waals surface area (Å²) in [5.74, 6) is 0.795. The zero-order valence-electron chi connectivity index (χ0n) is 8.46. The molecule has 2 aromatic heterocycles. The van der Waals surface area contributed by atoms with Gasteiger partial charge < -0.3 is 10.3 Å². The maximum Gasteiger partial charge on any atom is 0.202 e. The van der Waals surface area contributed by atoms with Gasteiger partial charge in [-0.2, -0.15) is 0 Å². The van der Waals surface area contributed by atoms with Crippen LogP contribution in [0.2, 0.25) is 0 Å². The molecule has 0 spiro atoms. The molecule has 74 valence electrons. The lowest BCUT2D eigenvalue weighted by molar-refractivity contribution is 1.11. The normalized spacial score (nSPS) is 10.7. The first-order valence-corrected chi connectivity index (χ1v) is 4.92. The summed E-state index contributed by atoms with van der Waals surface area (Å²) in [5.41, 5.74) is 2.99. The molecule has 0 saturated heterocycles. The predicted molar refractivity (Wildman–Crippen MR) is 57.4 cm³/mol. The van der Waals surface area contributed by atoms with E-state index in [-0.39, 0.29) is 0 Å². The monoisotopic (exact) mass is 190 g/mol. The van der Waals surface area contributed by atoms with Crippen molar-refractivity contribution < 1.29 is 0 Å². The first-order valence-electron chi connectivity index (χ1n) is 4.92. The summed E-state index contributed by atoms with van der Waals surface area (Å²) >= 11 is 0. The molecule has 0 amide bonds. The first kappa shape index (κ1) is 8.99. The second-order valence-electron chi connectivity index (χ2n) is 3.18. The van der Waals surface area contributed by atoms with E-state index in [1.807, 2.05) is 13.1 Å². The summed E-state index contributed by atoms with van der Waals surface area (Å²) in [7, 11) is 0. The minimum absolute atomic E-state index is 0.795. The zero-order chi connectivity index (χ0) is 9.97. The number of H-pyrrole nitrogens is 1. The number of anilines is 1. The van der Waals surface area contributed by atoms with Crippen molar-refractivity contribution >= 4 is 17.1 Å². The standard InChI is InChI=1S/C10H14N4/c1-3-7-5-8-9(12-6-7)14-10(13-8)11-4-2/h5-6H,3-4H2,1-2H3,(H2,11,12,13,14). The number of fused-ring (bicyclic) bond motifs is 1. The molecule has 4 nitrogen and oxygen atoms in total. The van der Waals surface area contributed by atoms with E-state index in [1.54, 1.807) is 0 Å². The highest BCUT2D eigenvalue weighted by Crippen LogP contribution is 2.13. The number of aromatic nitrogens is 3. The molecule has 0 bridgehead atoms. The number of nitrogens with zero attached hydrogens (tertiary/aromatic N) is 2. The molecule has 0 aromatic carbocycles. The van der Waals surface area contributed by atoms with Gasteiger partial charge in [0.15, 0.2) is 5.65 Å². The van der Waals surface area contributed by atoms with E-state index in [1.165, 1.54) is 5.56 Å². The third-order valence-corrected chi connectivity index (χ3v) is 2.15. The smallest absolute Gasteiger partial charge is 0.202 e. The van der Waals surface area contributed by atoms with E-state index in [0.29, 0.717) is 0 Å². The predicted octanol–water partition coefficient (Wildman–Crippen LogP) is 1.95. The van der Waals surface area contributed by atoms with Crippen LogP contribution in [0.3, 0.4) is 0 Å². The van der Waals surface area contributed by atoms with Gasteiger partial charge >= 0.3 is 0 Å². The van der Waals surface area contributed by atoms with Crippen molar-refractivity contribution in [3.05, 3.63) is 17.8 Å². The first-order chi connectivity index (χ1) is 6.83. The highest BCUT2D eigenvalue weighted by Gasteiger charge is 2.02. The lowest BCUT2D eigenvalue weighted by atomic mass is 10.2. The molecule has 0 fully saturated rings. The van der Waals surface area contributed by atoms with Gasteiger partial charge in [0.2, 0.25) is 5.95 Å². The van der Waals surface area contributed by atoms with E-state index in [9.17, 15) is 0 Å². The van der Waals surface area contributed by atoms with Crippen molar-refractivity contribution in [3.8, 4) is 0 Å². The second kappa shape index (κ2) is 3.65. The van der Waals surface area contributed by atoms with Gasteiger partial charge in [0, 0.05) is 12.7 Å². The number of nitrogens with one attached hydrogen (secondary N) is 2. The molecule has 0 radical (unpaired) electrons. The van der Waals surface area contributed by atoms with Gasteiger partial charge in [-0.05, 0) is 25.0 Å². The number of imidazole rings is 1. The molecular formula is C10H14N4. The highest BCUT2D eigenvalue weighted by molar-refractivity contribution is 5.73. The van der Waals surface area contributed by atoms with Crippen LogP contribution in [0.25, 0.3) is 11.2 Å². The summed E-state index contributed by atoms with van der Waals surface area (Å²) < 4.78 is 0. The van der Waals surface area contributed by atoms with Crippen LogP contribution in [-0.2, 0) is 6.42 Å². The molecule has 0 aliphatic carbocycles. The molecule has 0 aliphatic rings. The van der Waals surface area contributed by atoms with Gasteiger partial charge in [-0.3, -0.25) is 0 Å². The quantitative estimate of drug-likeness (QED) is 0.777. The Bertz CT molecular complexity index is 433. The molecule has 2 aromatic rings. The molecule has 0 saturated carbocycles. The van der Waals surface area contributed by atoms with Gasteiger partial charge in [0.1, 0.15) is 5.52 Å². The average Bonchev–Trinajstić information content (AvgIpc) is 2.59. The Morgan fingerprint density at radius 2 is 2.29 bits per heavy atom. The molecule has 14 heavy (non-hydrogen) atoms. The number of hydrogen-bond donors (Lipinski definition) is 2. The van der Waals surface area contributed by atoms with Crippen LogP contribution in [0.4, 0.5) is 5.95 Å². The molecular weight excluding hydrogens is 176 g/mol. The van der Waals surface area contributed by atoms with Crippen LogP contribution in [0.1, 0.15) is 19.4 Å². The average molecular weight is 190 g/mol. The topological polar surface area (TPSA) is 53.6 Å². The summed E-state index contributed by atoms with van der Waals surface area (Å²) in [4.78, 5) is 11.8. The SMILES string of the molecule is CCNc1nc2cc(CC)cnc2[nH]1. The van der Waals surface area contributed by atoms with Crippen LogP contribution in [0, 0.1) is 0 Å². The maximum absolute atomic E-state index is 4.38. The number of aryl methyl sites for hydroxylation is 1. The van der Waals surface area contributed by atoms with Gasteiger partial charge in [0.05, 0.1) is 0 Å². The lowest BCUT2D eigenvalue weighted by Crippen LogP contribution is -1.97. The fourth-order valence-electron chi connectivity index (χ4n) is 1.38. The van der Waals surface area contributed by atoms with Crippen LogP contribution < -0.4 is 5.32 Å². The number of aromatic amines is 1. The van der Waals surface area contributed by atoms with E-state index in [0.717, 1.165) is 30.1 Å². The zero-order valence-corrected chi connectivity index (χ0v) is 8.46. The number of rotatable bonds is 3. The number of pyridine rings is 1.